The molecule has 1 fully saturated rings. The first-order chi connectivity index (χ1) is 7.23. The highest BCUT2D eigenvalue weighted by atomic mass is 32.2. The Kier molecular flexibility index (Phi) is 3.61. The molecular formula is C9H19N3O3S. The largest absolute Gasteiger partial charge is 0.343 e. The second-order valence-electron chi connectivity index (χ2n) is 4.46. The summed E-state index contributed by atoms with van der Waals surface area (Å²) < 4.78 is 25.1. The number of nitrogens with two attached hydrogens (primary N) is 1. The molecule has 1 heterocycles. The van der Waals surface area contributed by atoms with Gasteiger partial charge in [-0.15, -0.1) is 0 Å². The topological polar surface area (TPSA) is 83.7 Å². The lowest BCUT2D eigenvalue weighted by Gasteiger charge is -2.43. The number of amides is 1. The lowest BCUT2D eigenvalue weighted by molar-refractivity contribution is -0.142. The molecule has 1 aliphatic rings. The Morgan fingerprint density at radius 1 is 1.38 bits per heavy atom. The van der Waals surface area contributed by atoms with Crippen molar-refractivity contribution in [3.05, 3.63) is 0 Å². The molecule has 0 aromatic heterocycles. The quantitative estimate of drug-likeness (QED) is 0.683. The van der Waals surface area contributed by atoms with Crippen LogP contribution in [-0.2, 0) is 14.8 Å². The molecule has 7 heteroatoms. The summed E-state index contributed by atoms with van der Waals surface area (Å²) in [4.78, 5) is 13.4. The second kappa shape index (κ2) is 4.31. The summed E-state index contributed by atoms with van der Waals surface area (Å²) in [6.07, 6.45) is 0. The fourth-order valence-corrected chi connectivity index (χ4v) is 3.59. The predicted molar refractivity (Wildman–Crippen MR) is 61.3 cm³/mol. The van der Waals surface area contributed by atoms with Gasteiger partial charge >= 0.3 is 0 Å². The molecule has 16 heavy (non-hydrogen) atoms. The van der Waals surface area contributed by atoms with Crippen molar-refractivity contribution in [1.29, 1.82) is 0 Å². The third-order valence-corrected chi connectivity index (χ3v) is 4.91. The predicted octanol–water partition coefficient (Wildman–Crippen LogP) is -1.17. The van der Waals surface area contributed by atoms with Gasteiger partial charge in [-0.1, -0.05) is 0 Å². The van der Waals surface area contributed by atoms with Crippen LogP contribution in [0.4, 0.5) is 0 Å². The van der Waals surface area contributed by atoms with Gasteiger partial charge in [-0.05, 0) is 13.8 Å². The van der Waals surface area contributed by atoms with Crippen LogP contribution in [0.3, 0.4) is 0 Å². The smallest absolute Gasteiger partial charge is 0.243 e. The van der Waals surface area contributed by atoms with E-state index >= 15 is 0 Å². The molecule has 1 rings (SSSR count). The van der Waals surface area contributed by atoms with E-state index in [1.807, 2.05) is 0 Å². The van der Waals surface area contributed by atoms with Crippen LogP contribution in [0.5, 0.6) is 0 Å². The van der Waals surface area contributed by atoms with Gasteiger partial charge in [0.2, 0.25) is 15.9 Å². The first-order valence-electron chi connectivity index (χ1n) is 5.19. The number of hydrogen-bond donors (Lipinski definition) is 1. The van der Waals surface area contributed by atoms with Gasteiger partial charge in [0, 0.05) is 26.7 Å². The molecule has 0 bridgehead atoms. The molecule has 94 valence electrons. The minimum Gasteiger partial charge on any atom is -0.343 e. The zero-order valence-corrected chi connectivity index (χ0v) is 10.7. The Hall–Kier alpha value is -0.660. The van der Waals surface area contributed by atoms with Crippen LogP contribution in [0, 0.1) is 0 Å². The van der Waals surface area contributed by atoms with E-state index in [2.05, 4.69) is 0 Å². The number of piperazine rings is 1. The van der Waals surface area contributed by atoms with Gasteiger partial charge in [0.25, 0.3) is 0 Å². The molecule has 6 nitrogen and oxygen atoms in total. The molecule has 0 saturated carbocycles. The summed E-state index contributed by atoms with van der Waals surface area (Å²) in [5.74, 6) is -0.299. The van der Waals surface area contributed by atoms with Crippen LogP contribution in [0.25, 0.3) is 0 Å². The third kappa shape index (κ3) is 2.21. The molecule has 0 unspecified atom stereocenters. The van der Waals surface area contributed by atoms with Crippen LogP contribution < -0.4 is 5.73 Å². The zero-order chi connectivity index (χ0) is 12.6. The maximum Gasteiger partial charge on any atom is 0.243 e. The molecule has 0 spiro atoms. The van der Waals surface area contributed by atoms with E-state index in [4.69, 9.17) is 5.73 Å². The van der Waals surface area contributed by atoms with E-state index in [1.165, 1.54) is 4.31 Å². The third-order valence-electron chi connectivity index (χ3n) is 2.84. The van der Waals surface area contributed by atoms with Crippen molar-refractivity contribution in [3.8, 4) is 0 Å². The first-order valence-corrected chi connectivity index (χ1v) is 6.80. The molecular weight excluding hydrogens is 230 g/mol. The highest BCUT2D eigenvalue weighted by Crippen LogP contribution is 2.24. The van der Waals surface area contributed by atoms with Crippen molar-refractivity contribution >= 4 is 15.9 Å². The van der Waals surface area contributed by atoms with Gasteiger partial charge in [0.15, 0.2) is 0 Å². The fourth-order valence-electron chi connectivity index (χ4n) is 1.94. The van der Waals surface area contributed by atoms with E-state index in [0.717, 1.165) is 0 Å². The monoisotopic (exact) mass is 249 g/mol. The Morgan fingerprint density at radius 3 is 2.44 bits per heavy atom. The molecule has 1 aliphatic heterocycles. The molecule has 0 aliphatic carbocycles. The van der Waals surface area contributed by atoms with Crippen LogP contribution in [-0.4, -0.2) is 61.5 Å². The number of rotatable bonds is 3. The maximum atomic E-state index is 11.9. The van der Waals surface area contributed by atoms with Crippen molar-refractivity contribution in [2.75, 3.05) is 32.4 Å². The number of likely N-dealkylation sites (N-methyl/N-ethyl adjacent to an activating group) is 1. The molecule has 2 N–H and O–H groups in total. The highest BCUT2D eigenvalue weighted by Gasteiger charge is 2.45. The van der Waals surface area contributed by atoms with Gasteiger partial charge in [0.1, 0.15) is 5.54 Å². The Labute approximate surface area is 96.4 Å². The summed E-state index contributed by atoms with van der Waals surface area (Å²) in [5.41, 5.74) is 4.26. The van der Waals surface area contributed by atoms with E-state index < -0.39 is 15.6 Å². The van der Waals surface area contributed by atoms with Gasteiger partial charge in [-0.25, -0.2) is 8.42 Å². The molecule has 0 aromatic carbocycles. The standard InChI is InChI=1S/C9H19N3O3S/c1-9(2)8(13)11(3)5-6-12(9)16(14,15)7-4-10/h4-7,10H2,1-3H3. The average molecular weight is 249 g/mol. The van der Waals surface area contributed by atoms with Gasteiger partial charge < -0.3 is 10.6 Å². The molecule has 0 radical (unpaired) electrons. The number of carbonyl (C=O) groups is 1. The summed E-state index contributed by atoms with van der Waals surface area (Å²) in [6, 6.07) is 0. The first kappa shape index (κ1) is 13.4. The average Bonchev–Trinajstić information content (AvgIpc) is 2.13. The van der Waals surface area contributed by atoms with Crippen LogP contribution in [0.2, 0.25) is 0 Å². The summed E-state index contributed by atoms with van der Waals surface area (Å²) >= 11 is 0. The van der Waals surface area contributed by atoms with Crippen molar-refractivity contribution in [2.24, 2.45) is 5.73 Å². The van der Waals surface area contributed by atoms with E-state index in [1.54, 1.807) is 25.8 Å². The molecule has 0 atom stereocenters. The summed E-state index contributed by atoms with van der Waals surface area (Å²) in [7, 11) is -1.76. The molecule has 1 amide bonds. The van der Waals surface area contributed by atoms with E-state index in [0.29, 0.717) is 13.1 Å². The van der Waals surface area contributed by atoms with Crippen LogP contribution in [0.1, 0.15) is 13.8 Å². The summed E-state index contributed by atoms with van der Waals surface area (Å²) in [6.45, 7) is 4.07. The van der Waals surface area contributed by atoms with Crippen molar-refractivity contribution < 1.29 is 13.2 Å². The highest BCUT2D eigenvalue weighted by molar-refractivity contribution is 7.89. The van der Waals surface area contributed by atoms with Crippen LogP contribution in [0.15, 0.2) is 0 Å². The number of nitrogens with zero attached hydrogens (tertiary/aromatic N) is 2. The maximum absolute atomic E-state index is 11.9. The fraction of sp³-hybridized carbons (Fsp3) is 0.889. The Balaban J connectivity index is 3.03. The Morgan fingerprint density at radius 2 is 1.94 bits per heavy atom. The van der Waals surface area contributed by atoms with Gasteiger partial charge in [0.05, 0.1) is 5.75 Å². The minimum atomic E-state index is -3.44. The normalized spacial score (nSPS) is 22.5. The van der Waals surface area contributed by atoms with E-state index in [-0.39, 0.29) is 18.2 Å². The summed E-state index contributed by atoms with van der Waals surface area (Å²) in [5, 5.41) is 0. The lowest BCUT2D eigenvalue weighted by Crippen LogP contribution is -2.64. The zero-order valence-electron chi connectivity index (χ0n) is 9.93. The van der Waals surface area contributed by atoms with Crippen molar-refractivity contribution in [3.63, 3.8) is 0 Å². The van der Waals surface area contributed by atoms with Crippen LogP contribution >= 0.6 is 0 Å². The Bertz CT molecular complexity index is 377. The van der Waals surface area contributed by atoms with Crippen molar-refractivity contribution in [2.45, 2.75) is 19.4 Å². The number of sulfonamides is 1. The number of carbonyl (C=O) groups excluding carboxylic acids is 1. The van der Waals surface area contributed by atoms with Gasteiger partial charge in [-0.3, -0.25) is 4.79 Å². The van der Waals surface area contributed by atoms with E-state index in [9.17, 15) is 13.2 Å². The molecule has 0 aromatic rings. The second-order valence-corrected chi connectivity index (χ2v) is 6.48. The van der Waals surface area contributed by atoms with Gasteiger partial charge in [-0.2, -0.15) is 4.31 Å². The molecule has 1 saturated heterocycles. The minimum absolute atomic E-state index is 0.0684. The lowest BCUT2D eigenvalue weighted by atomic mass is 10.0. The number of hydrogen-bond acceptors (Lipinski definition) is 4. The van der Waals surface area contributed by atoms with Crippen molar-refractivity contribution in [1.82, 2.24) is 9.21 Å². The SMILES string of the molecule is CN1CCN(S(=O)(=O)CCN)C(C)(C)C1=O.